The third kappa shape index (κ3) is 3.62. The lowest BCUT2D eigenvalue weighted by Gasteiger charge is -2.13. The highest BCUT2D eigenvalue weighted by atomic mass is 19.4. The van der Waals surface area contributed by atoms with Gasteiger partial charge in [-0.1, -0.05) is 6.07 Å². The smallest absolute Gasteiger partial charge is 0.422 e. The van der Waals surface area contributed by atoms with Crippen LogP contribution < -0.4 is 15.2 Å². The zero-order valence-corrected chi connectivity index (χ0v) is 8.67. The highest BCUT2D eigenvalue weighted by molar-refractivity contribution is 5.40. The van der Waals surface area contributed by atoms with Gasteiger partial charge in [-0.2, -0.15) is 13.2 Å². The van der Waals surface area contributed by atoms with Crippen LogP contribution in [0.1, 0.15) is 5.56 Å². The van der Waals surface area contributed by atoms with Crippen LogP contribution in [0.25, 0.3) is 0 Å². The van der Waals surface area contributed by atoms with Gasteiger partial charge in [-0.3, -0.25) is 0 Å². The Kier molecular flexibility index (Phi) is 4.00. The van der Waals surface area contributed by atoms with E-state index in [9.17, 15) is 13.2 Å². The molecule has 1 aromatic carbocycles. The number of alkyl halides is 3. The number of hydrogen-bond acceptors (Lipinski definition) is 3. The van der Waals surface area contributed by atoms with E-state index in [1.165, 1.54) is 13.2 Å². The van der Waals surface area contributed by atoms with Crippen LogP contribution in [0.3, 0.4) is 0 Å². The summed E-state index contributed by atoms with van der Waals surface area (Å²) < 4.78 is 45.4. The molecule has 0 aromatic heterocycles. The normalized spacial score (nSPS) is 11.3. The number of ether oxygens (including phenoxy) is 2. The minimum absolute atomic E-state index is 0.0965. The topological polar surface area (TPSA) is 44.5 Å². The fraction of sp³-hybridized carbons (Fsp3) is 0.400. The zero-order chi connectivity index (χ0) is 12.2. The van der Waals surface area contributed by atoms with E-state index >= 15 is 0 Å². The molecular weight excluding hydrogens is 223 g/mol. The van der Waals surface area contributed by atoms with Gasteiger partial charge in [0, 0.05) is 18.2 Å². The highest BCUT2D eigenvalue weighted by Gasteiger charge is 2.28. The van der Waals surface area contributed by atoms with Crippen molar-refractivity contribution >= 4 is 0 Å². The first-order valence-electron chi connectivity index (χ1n) is 4.53. The molecule has 0 fully saturated rings. The molecule has 0 amide bonds. The highest BCUT2D eigenvalue weighted by Crippen LogP contribution is 2.26. The van der Waals surface area contributed by atoms with E-state index < -0.39 is 12.8 Å². The van der Waals surface area contributed by atoms with Crippen molar-refractivity contribution in [3.8, 4) is 11.5 Å². The van der Waals surface area contributed by atoms with E-state index in [1.54, 1.807) is 12.1 Å². The predicted molar refractivity (Wildman–Crippen MR) is 52.4 cm³/mol. The summed E-state index contributed by atoms with van der Waals surface area (Å²) in [6.45, 7) is -1.23. The van der Waals surface area contributed by atoms with Gasteiger partial charge in [-0.25, -0.2) is 0 Å². The minimum atomic E-state index is -4.37. The Morgan fingerprint density at radius 1 is 1.31 bits per heavy atom. The molecule has 1 rings (SSSR count). The van der Waals surface area contributed by atoms with Gasteiger partial charge in [0.05, 0.1) is 7.11 Å². The van der Waals surface area contributed by atoms with Crippen molar-refractivity contribution in [2.45, 2.75) is 12.7 Å². The first-order chi connectivity index (χ1) is 7.46. The molecule has 0 atom stereocenters. The molecule has 0 radical (unpaired) electrons. The van der Waals surface area contributed by atoms with Crippen molar-refractivity contribution in [3.63, 3.8) is 0 Å². The Hall–Kier alpha value is -1.43. The molecular formula is C10H12F3NO2. The fourth-order valence-corrected chi connectivity index (χ4v) is 1.12. The average molecular weight is 235 g/mol. The number of benzene rings is 1. The molecule has 0 aliphatic heterocycles. The van der Waals surface area contributed by atoms with Crippen molar-refractivity contribution < 1.29 is 22.6 Å². The molecule has 0 aliphatic rings. The van der Waals surface area contributed by atoms with Gasteiger partial charge in [0.2, 0.25) is 0 Å². The van der Waals surface area contributed by atoms with Crippen LogP contribution in [-0.4, -0.2) is 19.9 Å². The van der Waals surface area contributed by atoms with Crippen molar-refractivity contribution in [2.75, 3.05) is 13.7 Å². The van der Waals surface area contributed by atoms with E-state index in [2.05, 4.69) is 4.74 Å². The van der Waals surface area contributed by atoms with Gasteiger partial charge in [0.15, 0.2) is 6.61 Å². The van der Waals surface area contributed by atoms with Gasteiger partial charge in [0.1, 0.15) is 11.5 Å². The van der Waals surface area contributed by atoms with Crippen molar-refractivity contribution in [3.05, 3.63) is 23.8 Å². The van der Waals surface area contributed by atoms with Gasteiger partial charge < -0.3 is 15.2 Å². The maximum absolute atomic E-state index is 12.0. The minimum Gasteiger partial charge on any atom is -0.497 e. The Balaban J connectivity index is 2.83. The number of nitrogens with two attached hydrogens (primary N) is 1. The van der Waals surface area contributed by atoms with E-state index in [-0.39, 0.29) is 12.3 Å². The Bertz CT molecular complexity index is 352. The second-order valence-corrected chi connectivity index (χ2v) is 3.08. The fourth-order valence-electron chi connectivity index (χ4n) is 1.12. The van der Waals surface area contributed by atoms with Crippen LogP contribution in [0.15, 0.2) is 18.2 Å². The van der Waals surface area contributed by atoms with Crippen LogP contribution >= 0.6 is 0 Å². The lowest BCUT2D eigenvalue weighted by atomic mass is 10.2. The summed E-state index contributed by atoms with van der Waals surface area (Å²) in [5.41, 5.74) is 5.88. The maximum atomic E-state index is 12.0. The molecule has 0 heterocycles. The van der Waals surface area contributed by atoms with E-state index in [4.69, 9.17) is 10.5 Å². The quantitative estimate of drug-likeness (QED) is 0.869. The molecule has 0 unspecified atom stereocenters. The molecule has 0 bridgehead atoms. The van der Waals surface area contributed by atoms with Gasteiger partial charge in [-0.15, -0.1) is 0 Å². The average Bonchev–Trinajstić information content (AvgIpc) is 2.25. The van der Waals surface area contributed by atoms with Crippen LogP contribution in [0.2, 0.25) is 0 Å². The molecule has 0 spiro atoms. The maximum Gasteiger partial charge on any atom is 0.422 e. The van der Waals surface area contributed by atoms with Crippen LogP contribution in [-0.2, 0) is 6.54 Å². The number of halogens is 3. The molecule has 0 saturated heterocycles. The summed E-state index contributed by atoms with van der Waals surface area (Å²) in [6, 6.07) is 4.57. The zero-order valence-electron chi connectivity index (χ0n) is 8.67. The third-order valence-electron chi connectivity index (χ3n) is 1.89. The summed E-state index contributed by atoms with van der Waals surface area (Å²) in [4.78, 5) is 0. The summed E-state index contributed by atoms with van der Waals surface area (Å²) in [7, 11) is 1.42. The first kappa shape index (κ1) is 12.6. The number of methoxy groups -OCH3 is 1. The Morgan fingerprint density at radius 2 is 2.00 bits per heavy atom. The van der Waals surface area contributed by atoms with Crippen molar-refractivity contribution in [2.24, 2.45) is 5.73 Å². The van der Waals surface area contributed by atoms with E-state index in [1.807, 2.05) is 0 Å². The van der Waals surface area contributed by atoms with E-state index in [0.29, 0.717) is 11.3 Å². The Morgan fingerprint density at radius 3 is 2.50 bits per heavy atom. The lowest BCUT2D eigenvalue weighted by molar-refractivity contribution is -0.153. The predicted octanol–water partition coefficient (Wildman–Crippen LogP) is 2.09. The first-order valence-corrected chi connectivity index (χ1v) is 4.53. The number of hydrogen-bond donors (Lipinski definition) is 1. The van der Waals surface area contributed by atoms with Gasteiger partial charge in [0.25, 0.3) is 0 Å². The second kappa shape index (κ2) is 5.07. The largest absolute Gasteiger partial charge is 0.497 e. The van der Waals surface area contributed by atoms with Crippen LogP contribution in [0.5, 0.6) is 11.5 Å². The Labute approximate surface area is 91.0 Å². The summed E-state index contributed by atoms with van der Waals surface area (Å²) in [5, 5.41) is 0. The van der Waals surface area contributed by atoms with Gasteiger partial charge >= 0.3 is 6.18 Å². The molecule has 1 aromatic rings. The van der Waals surface area contributed by atoms with Crippen LogP contribution in [0.4, 0.5) is 13.2 Å². The molecule has 0 aliphatic carbocycles. The molecule has 3 nitrogen and oxygen atoms in total. The molecule has 6 heteroatoms. The van der Waals surface area contributed by atoms with Crippen LogP contribution in [0, 0.1) is 0 Å². The molecule has 90 valence electrons. The van der Waals surface area contributed by atoms with E-state index in [0.717, 1.165) is 0 Å². The van der Waals surface area contributed by atoms with Gasteiger partial charge in [-0.05, 0) is 6.07 Å². The summed E-state index contributed by atoms with van der Waals surface area (Å²) in [5.74, 6) is 0.522. The molecule has 2 N–H and O–H groups in total. The SMILES string of the molecule is COc1ccc(CN)c(OCC(F)(F)F)c1. The molecule has 0 saturated carbocycles. The number of rotatable bonds is 4. The summed E-state index contributed by atoms with van der Waals surface area (Å²) in [6.07, 6.45) is -4.37. The lowest BCUT2D eigenvalue weighted by Crippen LogP contribution is -2.20. The standard InChI is InChI=1S/C10H12F3NO2/c1-15-8-3-2-7(5-14)9(4-8)16-6-10(11,12)13/h2-4H,5-6,14H2,1H3. The molecule has 16 heavy (non-hydrogen) atoms. The third-order valence-corrected chi connectivity index (χ3v) is 1.89. The monoisotopic (exact) mass is 235 g/mol. The summed E-state index contributed by atoms with van der Waals surface area (Å²) >= 11 is 0. The van der Waals surface area contributed by atoms with Crippen molar-refractivity contribution in [1.82, 2.24) is 0 Å². The van der Waals surface area contributed by atoms with Crippen molar-refractivity contribution in [1.29, 1.82) is 0 Å². The second-order valence-electron chi connectivity index (χ2n) is 3.08.